The second-order valence-electron chi connectivity index (χ2n) is 4.69. The van der Waals surface area contributed by atoms with Gasteiger partial charge < -0.3 is 10.1 Å². The molecule has 110 valence electrons. The number of fused-ring (bicyclic) bond motifs is 1. The lowest BCUT2D eigenvalue weighted by Crippen LogP contribution is -2.06. The van der Waals surface area contributed by atoms with E-state index in [-0.39, 0.29) is 0 Å². The summed E-state index contributed by atoms with van der Waals surface area (Å²) in [5.41, 5.74) is 3.25. The lowest BCUT2D eigenvalue weighted by atomic mass is 10.1. The largest absolute Gasteiger partial charge is 0.495 e. The van der Waals surface area contributed by atoms with Crippen LogP contribution in [0.5, 0.6) is 5.75 Å². The predicted octanol–water partition coefficient (Wildman–Crippen LogP) is 3.98. The van der Waals surface area contributed by atoms with Crippen LogP contribution in [-0.4, -0.2) is 23.6 Å². The van der Waals surface area contributed by atoms with Crippen molar-refractivity contribution in [3.8, 4) is 17.1 Å². The van der Waals surface area contributed by atoms with E-state index in [0.717, 1.165) is 35.1 Å². The Hall–Kier alpha value is -1.46. The number of aromatic nitrogens is 2. The molecule has 1 aromatic heterocycles. The van der Waals surface area contributed by atoms with E-state index in [1.165, 1.54) is 5.56 Å². The topological polar surface area (TPSA) is 47.0 Å². The first-order valence-electron chi connectivity index (χ1n) is 6.78. The van der Waals surface area contributed by atoms with Crippen molar-refractivity contribution in [2.24, 2.45) is 0 Å². The smallest absolute Gasteiger partial charge is 0.161 e. The molecular formula is C15H16ClN3OS. The third kappa shape index (κ3) is 2.80. The van der Waals surface area contributed by atoms with Crippen LogP contribution < -0.4 is 10.1 Å². The molecule has 2 aromatic rings. The molecule has 0 unspecified atom stereocenters. The monoisotopic (exact) mass is 321 g/mol. The fraction of sp³-hybridized carbons (Fsp3) is 0.333. The summed E-state index contributed by atoms with van der Waals surface area (Å²) in [6.45, 7) is 2.91. The molecule has 0 amide bonds. The Morgan fingerprint density at radius 3 is 2.90 bits per heavy atom. The first kappa shape index (κ1) is 14.5. The maximum Gasteiger partial charge on any atom is 0.161 e. The van der Waals surface area contributed by atoms with Crippen molar-refractivity contribution in [3.63, 3.8) is 0 Å². The minimum Gasteiger partial charge on any atom is -0.495 e. The average Bonchev–Trinajstić information content (AvgIpc) is 2.96. The van der Waals surface area contributed by atoms with E-state index < -0.39 is 0 Å². The van der Waals surface area contributed by atoms with Crippen LogP contribution >= 0.6 is 23.4 Å². The first-order valence-corrected chi connectivity index (χ1v) is 8.31. The molecule has 0 bridgehead atoms. The molecule has 1 N–H and O–H groups in total. The van der Waals surface area contributed by atoms with Crippen molar-refractivity contribution >= 4 is 29.2 Å². The Bertz CT molecular complexity index is 678. The molecule has 0 saturated carbocycles. The molecule has 21 heavy (non-hydrogen) atoms. The molecule has 0 atom stereocenters. The van der Waals surface area contributed by atoms with E-state index in [1.54, 1.807) is 7.11 Å². The standard InChI is InChI=1S/C15H16ClN3OS/c1-3-17-15-10-7-21-8-12(10)18-14(19-15)9-4-5-13(20-2)11(16)6-9/h4-6H,3,7-8H2,1-2H3,(H,17,18,19). The van der Waals surface area contributed by atoms with E-state index in [4.69, 9.17) is 21.3 Å². The fourth-order valence-corrected chi connectivity index (χ4v) is 3.60. The summed E-state index contributed by atoms with van der Waals surface area (Å²) in [4.78, 5) is 9.36. The molecule has 3 rings (SSSR count). The maximum atomic E-state index is 6.20. The fourth-order valence-electron chi connectivity index (χ4n) is 2.30. The number of methoxy groups -OCH3 is 1. The van der Waals surface area contributed by atoms with Crippen LogP contribution in [0.3, 0.4) is 0 Å². The number of ether oxygens (including phenoxy) is 1. The lowest BCUT2D eigenvalue weighted by molar-refractivity contribution is 0.415. The van der Waals surface area contributed by atoms with Gasteiger partial charge in [-0.05, 0) is 25.1 Å². The highest BCUT2D eigenvalue weighted by Gasteiger charge is 2.20. The van der Waals surface area contributed by atoms with Gasteiger partial charge in [0.05, 0.1) is 17.8 Å². The van der Waals surface area contributed by atoms with Crippen molar-refractivity contribution in [2.45, 2.75) is 18.4 Å². The summed E-state index contributed by atoms with van der Waals surface area (Å²) < 4.78 is 5.18. The summed E-state index contributed by atoms with van der Waals surface area (Å²) >= 11 is 8.06. The molecular weight excluding hydrogens is 306 g/mol. The van der Waals surface area contributed by atoms with Crippen LogP contribution in [0.4, 0.5) is 5.82 Å². The predicted molar refractivity (Wildman–Crippen MR) is 88.2 cm³/mol. The van der Waals surface area contributed by atoms with Gasteiger partial charge in [0, 0.05) is 29.2 Å². The first-order chi connectivity index (χ1) is 10.2. The zero-order chi connectivity index (χ0) is 14.8. The summed E-state index contributed by atoms with van der Waals surface area (Å²) in [7, 11) is 1.60. The van der Waals surface area contributed by atoms with Gasteiger partial charge in [-0.15, -0.1) is 0 Å². The van der Waals surface area contributed by atoms with Crippen LogP contribution in [0, 0.1) is 0 Å². The molecule has 4 nitrogen and oxygen atoms in total. The highest BCUT2D eigenvalue weighted by Crippen LogP contribution is 2.35. The van der Waals surface area contributed by atoms with Crippen molar-refractivity contribution in [1.82, 2.24) is 9.97 Å². The number of thioether (sulfide) groups is 1. The zero-order valence-corrected chi connectivity index (χ0v) is 13.5. The van der Waals surface area contributed by atoms with Crippen LogP contribution in [0.15, 0.2) is 18.2 Å². The molecule has 0 radical (unpaired) electrons. The Morgan fingerprint density at radius 1 is 1.33 bits per heavy atom. The summed E-state index contributed by atoms with van der Waals surface area (Å²) in [6, 6.07) is 5.63. The number of rotatable bonds is 4. The van der Waals surface area contributed by atoms with Gasteiger partial charge in [-0.1, -0.05) is 11.6 Å². The number of hydrogen-bond acceptors (Lipinski definition) is 5. The van der Waals surface area contributed by atoms with Crippen LogP contribution in [-0.2, 0) is 11.5 Å². The molecule has 6 heteroatoms. The van der Waals surface area contributed by atoms with Gasteiger partial charge in [-0.25, -0.2) is 9.97 Å². The van der Waals surface area contributed by atoms with Gasteiger partial charge in [0.15, 0.2) is 5.82 Å². The van der Waals surface area contributed by atoms with Gasteiger partial charge in [0.1, 0.15) is 11.6 Å². The Balaban J connectivity index is 2.06. The molecule has 1 aromatic carbocycles. The minimum atomic E-state index is 0.568. The Morgan fingerprint density at radius 2 is 2.19 bits per heavy atom. The second-order valence-corrected chi connectivity index (χ2v) is 6.09. The number of nitrogens with zero attached hydrogens (tertiary/aromatic N) is 2. The molecule has 0 saturated heterocycles. The van der Waals surface area contributed by atoms with Crippen LogP contribution in [0.1, 0.15) is 18.2 Å². The van der Waals surface area contributed by atoms with E-state index in [0.29, 0.717) is 16.6 Å². The third-order valence-corrected chi connectivity index (χ3v) is 4.60. The number of halogens is 1. The number of benzene rings is 1. The quantitative estimate of drug-likeness (QED) is 0.922. The Labute approximate surface area is 133 Å². The van der Waals surface area contributed by atoms with E-state index in [2.05, 4.69) is 17.2 Å². The second kappa shape index (κ2) is 6.12. The zero-order valence-electron chi connectivity index (χ0n) is 11.9. The van der Waals surface area contributed by atoms with Gasteiger partial charge >= 0.3 is 0 Å². The Kier molecular flexibility index (Phi) is 4.22. The van der Waals surface area contributed by atoms with Crippen molar-refractivity contribution in [3.05, 3.63) is 34.5 Å². The summed E-state index contributed by atoms with van der Waals surface area (Å²) in [6.07, 6.45) is 0. The number of anilines is 1. The van der Waals surface area contributed by atoms with Crippen LogP contribution in [0.2, 0.25) is 5.02 Å². The van der Waals surface area contributed by atoms with Crippen LogP contribution in [0.25, 0.3) is 11.4 Å². The summed E-state index contributed by atoms with van der Waals surface area (Å²) in [5, 5.41) is 3.90. The van der Waals surface area contributed by atoms with E-state index >= 15 is 0 Å². The van der Waals surface area contributed by atoms with Crippen molar-refractivity contribution in [1.29, 1.82) is 0 Å². The van der Waals surface area contributed by atoms with E-state index in [9.17, 15) is 0 Å². The van der Waals surface area contributed by atoms with Crippen molar-refractivity contribution in [2.75, 3.05) is 19.0 Å². The molecule has 1 aliphatic heterocycles. The summed E-state index contributed by atoms with van der Waals surface area (Å²) in [5.74, 6) is 4.21. The normalized spacial score (nSPS) is 13.1. The molecule has 2 heterocycles. The van der Waals surface area contributed by atoms with Gasteiger partial charge in [-0.3, -0.25) is 0 Å². The number of hydrogen-bond donors (Lipinski definition) is 1. The highest BCUT2D eigenvalue weighted by molar-refractivity contribution is 7.98. The van der Waals surface area contributed by atoms with Gasteiger partial charge in [0.2, 0.25) is 0 Å². The SMILES string of the molecule is CCNc1nc(-c2ccc(OC)c(Cl)c2)nc2c1CSC2. The van der Waals surface area contributed by atoms with Gasteiger partial charge in [-0.2, -0.15) is 11.8 Å². The molecule has 0 fully saturated rings. The molecule has 0 aliphatic carbocycles. The van der Waals surface area contributed by atoms with Gasteiger partial charge in [0.25, 0.3) is 0 Å². The molecule has 0 spiro atoms. The number of nitrogens with one attached hydrogen (secondary N) is 1. The molecule has 1 aliphatic rings. The maximum absolute atomic E-state index is 6.20. The lowest BCUT2D eigenvalue weighted by Gasteiger charge is -2.11. The van der Waals surface area contributed by atoms with E-state index in [1.807, 2.05) is 30.0 Å². The average molecular weight is 322 g/mol. The van der Waals surface area contributed by atoms with Crippen molar-refractivity contribution < 1.29 is 4.74 Å². The third-order valence-electron chi connectivity index (χ3n) is 3.33. The highest BCUT2D eigenvalue weighted by atomic mass is 35.5. The minimum absolute atomic E-state index is 0.568.